The fraction of sp³-hybridized carbons (Fsp3) is 0.538. The Hall–Kier alpha value is -1.01. The third kappa shape index (κ3) is 3.74. The lowest BCUT2D eigenvalue weighted by Gasteiger charge is -2.34. The van der Waals surface area contributed by atoms with Crippen molar-refractivity contribution in [2.45, 2.75) is 19.0 Å². The molecular weight excluding hydrogens is 235 g/mol. The van der Waals surface area contributed by atoms with Gasteiger partial charge in [-0.2, -0.15) is 0 Å². The van der Waals surface area contributed by atoms with Crippen molar-refractivity contribution < 1.29 is 14.6 Å². The van der Waals surface area contributed by atoms with E-state index in [1.165, 1.54) is 6.07 Å². The molecule has 0 aliphatic heterocycles. The first kappa shape index (κ1) is 15.0. The highest BCUT2D eigenvalue weighted by Gasteiger charge is 2.25. The average Bonchev–Trinajstić information content (AvgIpc) is 2.32. The largest absolute Gasteiger partial charge is 0.395 e. The molecule has 0 spiro atoms. The van der Waals surface area contributed by atoms with Crippen molar-refractivity contribution in [3.63, 3.8) is 0 Å². The van der Waals surface area contributed by atoms with E-state index in [1.807, 2.05) is 0 Å². The predicted octanol–water partition coefficient (Wildman–Crippen LogP) is 0.501. The molecule has 4 nitrogen and oxygen atoms in total. The van der Waals surface area contributed by atoms with Gasteiger partial charge in [-0.05, 0) is 13.0 Å². The van der Waals surface area contributed by atoms with Gasteiger partial charge in [-0.1, -0.05) is 18.2 Å². The van der Waals surface area contributed by atoms with Gasteiger partial charge in [0.25, 0.3) is 0 Å². The van der Waals surface area contributed by atoms with Crippen LogP contribution in [0.25, 0.3) is 0 Å². The zero-order valence-electron chi connectivity index (χ0n) is 10.6. The highest BCUT2D eigenvalue weighted by Crippen LogP contribution is 2.25. The molecule has 5 heteroatoms. The smallest absolute Gasteiger partial charge is 0.128 e. The lowest BCUT2D eigenvalue weighted by Crippen LogP contribution is -2.42. The van der Waals surface area contributed by atoms with Crippen LogP contribution in [0.15, 0.2) is 24.3 Å². The van der Waals surface area contributed by atoms with E-state index in [0.29, 0.717) is 18.7 Å². The molecule has 1 aromatic carbocycles. The van der Waals surface area contributed by atoms with Gasteiger partial charge in [0.1, 0.15) is 5.82 Å². The Labute approximate surface area is 107 Å². The second-order valence-corrected chi connectivity index (χ2v) is 4.31. The Balaban J connectivity index is 3.03. The van der Waals surface area contributed by atoms with Crippen molar-refractivity contribution in [1.29, 1.82) is 0 Å². The molecular formula is C13H21FN2O2. The molecule has 0 aliphatic rings. The van der Waals surface area contributed by atoms with Crippen LogP contribution in [0.3, 0.4) is 0 Å². The third-order valence-electron chi connectivity index (χ3n) is 2.89. The SMILES string of the molecule is CC(N)C(c1ccccc1F)N(CCO)CCO. The van der Waals surface area contributed by atoms with Gasteiger partial charge in [0.15, 0.2) is 0 Å². The van der Waals surface area contributed by atoms with Crippen LogP contribution in [0, 0.1) is 5.82 Å². The molecule has 2 atom stereocenters. The highest BCUT2D eigenvalue weighted by atomic mass is 19.1. The molecule has 1 rings (SSSR count). The maximum Gasteiger partial charge on any atom is 0.128 e. The number of nitrogens with zero attached hydrogens (tertiary/aromatic N) is 1. The van der Waals surface area contributed by atoms with Gasteiger partial charge in [-0.15, -0.1) is 0 Å². The summed E-state index contributed by atoms with van der Waals surface area (Å²) >= 11 is 0. The summed E-state index contributed by atoms with van der Waals surface area (Å²) in [5.74, 6) is -0.319. The lowest BCUT2D eigenvalue weighted by molar-refractivity contribution is 0.109. The molecule has 4 N–H and O–H groups in total. The van der Waals surface area contributed by atoms with E-state index in [1.54, 1.807) is 30.0 Å². The molecule has 18 heavy (non-hydrogen) atoms. The second-order valence-electron chi connectivity index (χ2n) is 4.31. The van der Waals surface area contributed by atoms with Gasteiger partial charge in [-0.25, -0.2) is 4.39 Å². The summed E-state index contributed by atoms with van der Waals surface area (Å²) in [5.41, 5.74) is 6.42. The van der Waals surface area contributed by atoms with Crippen LogP contribution in [-0.2, 0) is 0 Å². The summed E-state index contributed by atoms with van der Waals surface area (Å²) in [6, 6.07) is 5.79. The van der Waals surface area contributed by atoms with E-state index in [9.17, 15) is 4.39 Å². The molecule has 0 fully saturated rings. The number of aliphatic hydroxyl groups excluding tert-OH is 2. The molecule has 0 saturated heterocycles. The fourth-order valence-electron chi connectivity index (χ4n) is 2.17. The van der Waals surface area contributed by atoms with E-state index in [2.05, 4.69) is 0 Å². The zero-order valence-corrected chi connectivity index (χ0v) is 10.6. The fourth-order valence-corrected chi connectivity index (χ4v) is 2.17. The van der Waals surface area contributed by atoms with E-state index in [4.69, 9.17) is 15.9 Å². The molecule has 2 unspecified atom stereocenters. The quantitative estimate of drug-likeness (QED) is 0.664. The average molecular weight is 256 g/mol. The van der Waals surface area contributed by atoms with Gasteiger partial charge in [0, 0.05) is 24.7 Å². The normalized spacial score (nSPS) is 14.8. The van der Waals surface area contributed by atoms with Gasteiger partial charge in [-0.3, -0.25) is 4.90 Å². The van der Waals surface area contributed by atoms with E-state index >= 15 is 0 Å². The van der Waals surface area contributed by atoms with Crippen LogP contribution in [-0.4, -0.2) is 47.5 Å². The monoisotopic (exact) mass is 256 g/mol. The molecule has 0 saturated carbocycles. The van der Waals surface area contributed by atoms with Crippen molar-refractivity contribution in [2.75, 3.05) is 26.3 Å². The Kier molecular flexibility index (Phi) is 6.21. The number of hydrogen-bond donors (Lipinski definition) is 3. The zero-order chi connectivity index (χ0) is 13.5. The minimum atomic E-state index is -0.356. The molecule has 0 heterocycles. The molecule has 0 amide bonds. The second kappa shape index (κ2) is 7.43. The van der Waals surface area contributed by atoms with Gasteiger partial charge in [0.05, 0.1) is 19.3 Å². The Bertz CT molecular complexity index is 355. The summed E-state index contributed by atoms with van der Waals surface area (Å²) in [6.07, 6.45) is 0. The van der Waals surface area contributed by atoms with Gasteiger partial charge >= 0.3 is 0 Å². The van der Waals surface area contributed by atoms with Crippen molar-refractivity contribution in [1.82, 2.24) is 4.90 Å². The number of aliphatic hydroxyl groups is 2. The van der Waals surface area contributed by atoms with Crippen LogP contribution >= 0.6 is 0 Å². The van der Waals surface area contributed by atoms with Crippen molar-refractivity contribution in [2.24, 2.45) is 5.73 Å². The molecule has 0 aliphatic carbocycles. The predicted molar refractivity (Wildman–Crippen MR) is 68.5 cm³/mol. The first-order valence-corrected chi connectivity index (χ1v) is 6.07. The van der Waals surface area contributed by atoms with Crippen molar-refractivity contribution in [3.05, 3.63) is 35.6 Å². The number of halogens is 1. The molecule has 0 aromatic heterocycles. The Morgan fingerprint density at radius 2 is 1.78 bits per heavy atom. The topological polar surface area (TPSA) is 69.7 Å². The van der Waals surface area contributed by atoms with Crippen LogP contribution in [0.4, 0.5) is 4.39 Å². The first-order chi connectivity index (χ1) is 8.61. The summed E-state index contributed by atoms with van der Waals surface area (Å²) in [7, 11) is 0. The summed E-state index contributed by atoms with van der Waals surface area (Å²) in [4.78, 5) is 1.79. The molecule has 0 radical (unpaired) electrons. The molecule has 1 aromatic rings. The van der Waals surface area contributed by atoms with Crippen LogP contribution < -0.4 is 5.73 Å². The Morgan fingerprint density at radius 1 is 1.22 bits per heavy atom. The van der Waals surface area contributed by atoms with Gasteiger partial charge in [0.2, 0.25) is 0 Å². The first-order valence-electron chi connectivity index (χ1n) is 6.07. The molecule has 0 bridgehead atoms. The number of benzene rings is 1. The summed E-state index contributed by atoms with van der Waals surface area (Å²) in [6.45, 7) is 2.37. The maximum absolute atomic E-state index is 13.8. The Morgan fingerprint density at radius 3 is 2.22 bits per heavy atom. The summed E-state index contributed by atoms with van der Waals surface area (Å²) < 4.78 is 13.8. The minimum absolute atomic E-state index is 0.0579. The molecule has 102 valence electrons. The van der Waals surface area contributed by atoms with Crippen molar-refractivity contribution in [3.8, 4) is 0 Å². The number of rotatable bonds is 7. The van der Waals surface area contributed by atoms with E-state index in [-0.39, 0.29) is 31.1 Å². The summed E-state index contributed by atoms with van der Waals surface area (Å²) in [5, 5.41) is 18.1. The standard InChI is InChI=1S/C13H21FN2O2/c1-10(15)13(16(6-8-17)7-9-18)11-4-2-3-5-12(11)14/h2-5,10,13,17-18H,6-9,15H2,1H3. The highest BCUT2D eigenvalue weighted by molar-refractivity contribution is 5.22. The minimum Gasteiger partial charge on any atom is -0.395 e. The van der Waals surface area contributed by atoms with Crippen molar-refractivity contribution >= 4 is 0 Å². The van der Waals surface area contributed by atoms with Gasteiger partial charge < -0.3 is 15.9 Å². The third-order valence-corrected chi connectivity index (χ3v) is 2.89. The van der Waals surface area contributed by atoms with Crippen LogP contribution in [0.5, 0.6) is 0 Å². The van der Waals surface area contributed by atoms with E-state index < -0.39 is 0 Å². The lowest BCUT2D eigenvalue weighted by atomic mass is 9.98. The maximum atomic E-state index is 13.8. The van der Waals surface area contributed by atoms with E-state index in [0.717, 1.165) is 0 Å². The van der Waals surface area contributed by atoms with Crippen LogP contribution in [0.2, 0.25) is 0 Å². The van der Waals surface area contributed by atoms with Crippen LogP contribution in [0.1, 0.15) is 18.5 Å². The number of nitrogens with two attached hydrogens (primary N) is 1. The number of hydrogen-bond acceptors (Lipinski definition) is 4.